The van der Waals surface area contributed by atoms with Crippen molar-refractivity contribution in [3.05, 3.63) is 12.2 Å². The number of rotatable bonds is 5. The lowest BCUT2D eigenvalue weighted by Crippen LogP contribution is -1.72. The van der Waals surface area contributed by atoms with Crippen LogP contribution in [0.2, 0.25) is 0 Å². The van der Waals surface area contributed by atoms with E-state index in [0.717, 1.165) is 0 Å². The standard InChI is InChI=1S/C11H18/c1-3-5-7-9-11-10-8-6-4-2/h8,10H,3,5,7,9,11H2,1-2H3/b10-8+. The molecule has 0 aliphatic heterocycles. The van der Waals surface area contributed by atoms with Gasteiger partial charge in [0.15, 0.2) is 0 Å². The van der Waals surface area contributed by atoms with E-state index < -0.39 is 0 Å². The smallest absolute Gasteiger partial charge is 0.00235 e. The Bertz CT molecular complexity index is 143. The fourth-order valence-electron chi connectivity index (χ4n) is 0.915. The molecule has 0 saturated carbocycles. The second-order valence-corrected chi connectivity index (χ2v) is 2.65. The molecule has 0 spiro atoms. The molecule has 0 radical (unpaired) electrons. The first-order valence-corrected chi connectivity index (χ1v) is 4.49. The van der Waals surface area contributed by atoms with E-state index in [0.29, 0.717) is 0 Å². The van der Waals surface area contributed by atoms with Gasteiger partial charge in [0.1, 0.15) is 0 Å². The highest BCUT2D eigenvalue weighted by Gasteiger charge is 1.82. The molecule has 0 aliphatic carbocycles. The zero-order valence-corrected chi connectivity index (χ0v) is 7.69. The first-order chi connectivity index (χ1) is 5.41. The fraction of sp³-hybridized carbons (Fsp3) is 0.636. The maximum Gasteiger partial charge on any atom is -0.00235 e. The summed E-state index contributed by atoms with van der Waals surface area (Å²) < 4.78 is 0. The summed E-state index contributed by atoms with van der Waals surface area (Å²) >= 11 is 0. The Labute approximate surface area is 70.7 Å². The van der Waals surface area contributed by atoms with Gasteiger partial charge >= 0.3 is 0 Å². The molecule has 0 unspecified atom stereocenters. The molecule has 0 heteroatoms. The molecule has 0 rings (SSSR count). The van der Waals surface area contributed by atoms with Crippen molar-refractivity contribution in [2.45, 2.75) is 46.0 Å². The highest BCUT2D eigenvalue weighted by atomic mass is 13.9. The Balaban J connectivity index is 3.05. The Morgan fingerprint density at radius 1 is 1.18 bits per heavy atom. The van der Waals surface area contributed by atoms with Gasteiger partial charge in [-0.2, -0.15) is 0 Å². The van der Waals surface area contributed by atoms with Crippen molar-refractivity contribution in [2.75, 3.05) is 0 Å². The molecule has 0 aromatic rings. The van der Waals surface area contributed by atoms with Crippen LogP contribution in [0, 0.1) is 11.8 Å². The molecule has 62 valence electrons. The minimum Gasteiger partial charge on any atom is -0.102 e. The predicted octanol–water partition coefficient (Wildman–Crippen LogP) is 3.54. The molecule has 0 atom stereocenters. The maximum absolute atomic E-state index is 2.91. The van der Waals surface area contributed by atoms with Crippen molar-refractivity contribution < 1.29 is 0 Å². The first-order valence-electron chi connectivity index (χ1n) is 4.49. The first kappa shape index (κ1) is 10.3. The molecule has 0 aromatic carbocycles. The Morgan fingerprint density at radius 2 is 2.00 bits per heavy atom. The van der Waals surface area contributed by atoms with Gasteiger partial charge in [0.2, 0.25) is 0 Å². The van der Waals surface area contributed by atoms with Gasteiger partial charge in [0, 0.05) is 0 Å². The van der Waals surface area contributed by atoms with Gasteiger partial charge in [-0.3, -0.25) is 0 Å². The van der Waals surface area contributed by atoms with Crippen LogP contribution in [0.3, 0.4) is 0 Å². The minimum atomic E-state index is 1.19. The van der Waals surface area contributed by atoms with Crippen molar-refractivity contribution >= 4 is 0 Å². The molecule has 0 aromatic heterocycles. The fourth-order valence-corrected chi connectivity index (χ4v) is 0.915. The molecule has 0 N–H and O–H groups in total. The van der Waals surface area contributed by atoms with Crippen LogP contribution in [-0.2, 0) is 0 Å². The third kappa shape index (κ3) is 9.30. The molecule has 11 heavy (non-hydrogen) atoms. The highest BCUT2D eigenvalue weighted by Crippen LogP contribution is 2.02. The Morgan fingerprint density at radius 3 is 2.64 bits per heavy atom. The third-order valence-electron chi connectivity index (χ3n) is 1.57. The van der Waals surface area contributed by atoms with Crippen LogP contribution >= 0.6 is 0 Å². The number of hydrogen-bond acceptors (Lipinski definition) is 0. The molecule has 0 saturated heterocycles. The highest BCUT2D eigenvalue weighted by molar-refractivity contribution is 5.13. The quantitative estimate of drug-likeness (QED) is 0.415. The lowest BCUT2D eigenvalue weighted by atomic mass is 10.1. The average Bonchev–Trinajstić information content (AvgIpc) is 2.03. The molecule has 0 bridgehead atoms. The third-order valence-corrected chi connectivity index (χ3v) is 1.57. The average molecular weight is 150 g/mol. The number of allylic oxidation sites excluding steroid dienone is 2. The maximum atomic E-state index is 2.91. The van der Waals surface area contributed by atoms with Crippen LogP contribution in [0.4, 0.5) is 0 Å². The molecule has 0 amide bonds. The Hall–Kier alpha value is -0.700. The van der Waals surface area contributed by atoms with E-state index in [1.165, 1.54) is 32.1 Å². The van der Waals surface area contributed by atoms with E-state index in [9.17, 15) is 0 Å². The molecule has 0 fully saturated rings. The van der Waals surface area contributed by atoms with E-state index in [4.69, 9.17) is 0 Å². The van der Waals surface area contributed by atoms with E-state index in [1.807, 2.05) is 13.0 Å². The molecular weight excluding hydrogens is 132 g/mol. The topological polar surface area (TPSA) is 0 Å². The van der Waals surface area contributed by atoms with Crippen LogP contribution in [0.5, 0.6) is 0 Å². The SMILES string of the molecule is CC#C/C=C/CCCCCC. The summed E-state index contributed by atoms with van der Waals surface area (Å²) in [6.07, 6.45) is 10.7. The van der Waals surface area contributed by atoms with Gasteiger partial charge in [-0.1, -0.05) is 38.2 Å². The van der Waals surface area contributed by atoms with Gasteiger partial charge in [-0.15, -0.1) is 5.92 Å². The van der Waals surface area contributed by atoms with Gasteiger partial charge in [-0.25, -0.2) is 0 Å². The summed E-state index contributed by atoms with van der Waals surface area (Å²) in [5, 5.41) is 0. The summed E-state index contributed by atoms with van der Waals surface area (Å²) in [7, 11) is 0. The largest absolute Gasteiger partial charge is 0.102 e. The van der Waals surface area contributed by atoms with Crippen molar-refractivity contribution in [3.63, 3.8) is 0 Å². The molecule has 0 heterocycles. The molecule has 0 aliphatic rings. The normalized spacial score (nSPS) is 9.64. The van der Waals surface area contributed by atoms with Gasteiger partial charge in [-0.05, 0) is 25.8 Å². The van der Waals surface area contributed by atoms with Crippen molar-refractivity contribution in [3.8, 4) is 11.8 Å². The van der Waals surface area contributed by atoms with Crippen molar-refractivity contribution in [1.82, 2.24) is 0 Å². The van der Waals surface area contributed by atoms with Crippen LogP contribution in [-0.4, -0.2) is 0 Å². The number of hydrogen-bond donors (Lipinski definition) is 0. The molecule has 0 nitrogen and oxygen atoms in total. The summed E-state index contributed by atoms with van der Waals surface area (Å²) in [4.78, 5) is 0. The lowest BCUT2D eigenvalue weighted by molar-refractivity contribution is 0.674. The van der Waals surface area contributed by atoms with Gasteiger partial charge in [0.05, 0.1) is 0 Å². The van der Waals surface area contributed by atoms with E-state index in [1.54, 1.807) is 0 Å². The summed E-state index contributed by atoms with van der Waals surface area (Å²) in [6.45, 7) is 4.10. The Kier molecular flexibility index (Phi) is 8.71. The minimum absolute atomic E-state index is 1.19. The van der Waals surface area contributed by atoms with Crippen LogP contribution < -0.4 is 0 Å². The van der Waals surface area contributed by atoms with Crippen molar-refractivity contribution in [1.29, 1.82) is 0 Å². The van der Waals surface area contributed by atoms with E-state index >= 15 is 0 Å². The zero-order chi connectivity index (χ0) is 8.36. The monoisotopic (exact) mass is 150 g/mol. The number of unbranched alkanes of at least 4 members (excludes halogenated alkanes) is 4. The second-order valence-electron chi connectivity index (χ2n) is 2.65. The lowest BCUT2D eigenvalue weighted by Gasteiger charge is -1.92. The summed E-state index contributed by atoms with van der Waals surface area (Å²) in [5.74, 6) is 5.74. The summed E-state index contributed by atoms with van der Waals surface area (Å²) in [5.41, 5.74) is 0. The molecular formula is C11H18. The van der Waals surface area contributed by atoms with E-state index in [2.05, 4.69) is 24.8 Å². The van der Waals surface area contributed by atoms with E-state index in [-0.39, 0.29) is 0 Å². The second kappa shape index (κ2) is 9.30. The van der Waals surface area contributed by atoms with Crippen LogP contribution in [0.15, 0.2) is 12.2 Å². The summed E-state index contributed by atoms with van der Waals surface area (Å²) in [6, 6.07) is 0. The zero-order valence-electron chi connectivity index (χ0n) is 7.69. The van der Waals surface area contributed by atoms with Gasteiger partial charge in [0.25, 0.3) is 0 Å². The van der Waals surface area contributed by atoms with Crippen molar-refractivity contribution in [2.24, 2.45) is 0 Å². The van der Waals surface area contributed by atoms with Gasteiger partial charge < -0.3 is 0 Å². The van der Waals surface area contributed by atoms with Crippen LogP contribution in [0.25, 0.3) is 0 Å². The van der Waals surface area contributed by atoms with Crippen LogP contribution in [0.1, 0.15) is 46.0 Å². The predicted molar refractivity (Wildman–Crippen MR) is 51.3 cm³/mol.